The van der Waals surface area contributed by atoms with Crippen LogP contribution in [0, 0.1) is 0 Å². The predicted molar refractivity (Wildman–Crippen MR) is 325 cm³/mol. The predicted octanol–water partition coefficient (Wildman–Crippen LogP) is 18.4. The number of unbranched alkanes of at least 4 members (excludes halogenated alkanes) is 18. The van der Waals surface area contributed by atoms with Crippen LogP contribution in [0.15, 0.2) is 122 Å². The maximum absolute atomic E-state index is 12.9. The number of ether oxygens (including phenoxy) is 3. The minimum Gasteiger partial charge on any atom is -0.462 e. The molecular weight excluding hydrogens is 1000 g/mol. The lowest BCUT2D eigenvalue weighted by molar-refractivity contribution is -0.161. The molecule has 0 radical (unpaired) electrons. The average Bonchev–Trinajstić information content (AvgIpc) is 3.43. The van der Waals surface area contributed by atoms with Crippen molar-refractivity contribution in [2.24, 2.45) is 0 Å². The van der Waals surface area contributed by atoms with E-state index in [4.69, 9.17) is 23.3 Å². The van der Waals surface area contributed by atoms with Gasteiger partial charge in [-0.3, -0.25) is 23.4 Å². The summed E-state index contributed by atoms with van der Waals surface area (Å²) in [6.07, 6.45) is 72.9. The maximum atomic E-state index is 12.9. The molecule has 0 heterocycles. The number of esters is 3. The molecule has 0 spiro atoms. The Labute approximate surface area is 475 Å². The number of phosphoric ester groups is 1. The Hall–Kier alpha value is -4.12. The molecule has 0 aromatic rings. The largest absolute Gasteiger partial charge is 0.472 e. The molecule has 78 heavy (non-hydrogen) atoms. The highest BCUT2D eigenvalue weighted by atomic mass is 31.2. The molecule has 444 valence electrons. The molecule has 0 aliphatic carbocycles. The maximum Gasteiger partial charge on any atom is 0.472 e. The topological polar surface area (TPSA) is 155 Å². The first kappa shape index (κ1) is 73.9. The van der Waals surface area contributed by atoms with Crippen LogP contribution < -0.4 is 0 Å². The number of allylic oxidation sites excluding steroid dienone is 20. The van der Waals surface area contributed by atoms with E-state index in [1.807, 2.05) is 0 Å². The van der Waals surface area contributed by atoms with Gasteiger partial charge in [-0.1, -0.05) is 219 Å². The second-order valence-corrected chi connectivity index (χ2v) is 21.2. The van der Waals surface area contributed by atoms with E-state index in [1.165, 1.54) is 0 Å². The summed E-state index contributed by atoms with van der Waals surface area (Å²) in [5.74, 6) is -1.52. The molecular formula is C66H109O11P. The van der Waals surface area contributed by atoms with Crippen molar-refractivity contribution in [1.29, 1.82) is 0 Å². The Kier molecular flexibility index (Phi) is 55.9. The number of rotatable bonds is 55. The Morgan fingerprint density at radius 3 is 1.03 bits per heavy atom. The summed E-state index contributed by atoms with van der Waals surface area (Å²) >= 11 is 0. The van der Waals surface area contributed by atoms with Gasteiger partial charge >= 0.3 is 25.7 Å². The van der Waals surface area contributed by atoms with Crippen molar-refractivity contribution in [2.45, 2.75) is 251 Å². The molecule has 0 aromatic heterocycles. The zero-order valence-corrected chi connectivity index (χ0v) is 50.0. The van der Waals surface area contributed by atoms with Crippen molar-refractivity contribution in [3.8, 4) is 0 Å². The number of aliphatic hydroxyl groups is 1. The Morgan fingerprint density at radius 2 is 0.667 bits per heavy atom. The third-order valence-electron chi connectivity index (χ3n) is 12.3. The van der Waals surface area contributed by atoms with Crippen molar-refractivity contribution in [3.63, 3.8) is 0 Å². The fourth-order valence-corrected chi connectivity index (χ4v) is 8.57. The van der Waals surface area contributed by atoms with Crippen LogP contribution in [0.1, 0.15) is 239 Å². The van der Waals surface area contributed by atoms with Crippen molar-refractivity contribution >= 4 is 25.7 Å². The first-order valence-corrected chi connectivity index (χ1v) is 31.9. The van der Waals surface area contributed by atoms with Crippen LogP contribution in [-0.4, -0.2) is 66.5 Å². The first-order chi connectivity index (χ1) is 38.2. The minimum absolute atomic E-state index is 0.141. The molecule has 3 atom stereocenters. The van der Waals surface area contributed by atoms with Crippen molar-refractivity contribution in [2.75, 3.05) is 26.4 Å². The van der Waals surface area contributed by atoms with E-state index in [0.29, 0.717) is 19.3 Å². The third-order valence-corrected chi connectivity index (χ3v) is 13.3. The molecule has 3 unspecified atom stereocenters. The lowest BCUT2D eigenvalue weighted by Crippen LogP contribution is -2.30. The summed E-state index contributed by atoms with van der Waals surface area (Å²) in [5, 5.41) is 9.84. The van der Waals surface area contributed by atoms with Crippen molar-refractivity contribution in [1.82, 2.24) is 0 Å². The zero-order chi connectivity index (χ0) is 56.9. The van der Waals surface area contributed by atoms with Crippen LogP contribution in [0.2, 0.25) is 0 Å². The highest BCUT2D eigenvalue weighted by Gasteiger charge is 2.28. The van der Waals surface area contributed by atoms with E-state index in [-0.39, 0.29) is 25.9 Å². The van der Waals surface area contributed by atoms with Gasteiger partial charge in [0.05, 0.1) is 19.8 Å². The summed E-state index contributed by atoms with van der Waals surface area (Å²) in [6.45, 7) is 4.30. The Morgan fingerprint density at radius 1 is 0.372 bits per heavy atom. The number of phosphoric acid groups is 1. The molecule has 0 rings (SSSR count). The second-order valence-electron chi connectivity index (χ2n) is 19.7. The molecule has 0 fully saturated rings. The van der Waals surface area contributed by atoms with E-state index in [2.05, 4.69) is 142 Å². The van der Waals surface area contributed by atoms with Gasteiger partial charge in [0.15, 0.2) is 6.10 Å². The van der Waals surface area contributed by atoms with Crippen LogP contribution in [-0.2, 0) is 42.2 Å². The summed E-state index contributed by atoms with van der Waals surface area (Å²) < 4.78 is 39.6. The molecule has 0 aromatic carbocycles. The fraction of sp³-hybridized carbons (Fsp3) is 0.652. The van der Waals surface area contributed by atoms with E-state index < -0.39 is 57.8 Å². The minimum atomic E-state index is -4.77. The first-order valence-electron chi connectivity index (χ1n) is 30.4. The second kappa shape index (κ2) is 59.0. The van der Waals surface area contributed by atoms with E-state index >= 15 is 0 Å². The number of hydrogen-bond acceptors (Lipinski definition) is 10. The van der Waals surface area contributed by atoms with Crippen LogP contribution in [0.3, 0.4) is 0 Å². The highest BCUT2D eigenvalue weighted by molar-refractivity contribution is 7.47. The van der Waals surface area contributed by atoms with Gasteiger partial charge in [-0.25, -0.2) is 4.57 Å². The van der Waals surface area contributed by atoms with Crippen LogP contribution >= 0.6 is 7.82 Å². The number of carbonyl (C=O) groups is 3. The lowest BCUT2D eigenvalue weighted by atomic mass is 10.1. The van der Waals surface area contributed by atoms with Gasteiger partial charge in [-0.05, 0) is 122 Å². The molecule has 0 bridgehead atoms. The van der Waals surface area contributed by atoms with Crippen molar-refractivity contribution in [3.05, 3.63) is 122 Å². The van der Waals surface area contributed by atoms with Crippen molar-refractivity contribution < 1.29 is 52.2 Å². The SMILES string of the molecule is CC/C=C\C/C=C\C/C=C\C/C=C\CCCCCCCCC(=O)OC(CO)COP(=O)(O)OCC(COC(=O)CCCCCCC/C=C\C/C=C\CCC)OC(=O)CCCCCCCC/C=C\C/C=C\C/C=C\C/C=C\CC. The van der Waals surface area contributed by atoms with Crippen LogP contribution in [0.25, 0.3) is 0 Å². The van der Waals surface area contributed by atoms with Gasteiger partial charge < -0.3 is 24.2 Å². The summed E-state index contributed by atoms with van der Waals surface area (Å²) in [4.78, 5) is 48.7. The van der Waals surface area contributed by atoms with E-state index in [9.17, 15) is 28.9 Å². The molecule has 12 heteroatoms. The quantitative estimate of drug-likeness (QED) is 0.0197. The van der Waals surface area contributed by atoms with Gasteiger partial charge in [0.2, 0.25) is 0 Å². The molecule has 0 saturated heterocycles. The molecule has 0 aliphatic rings. The van der Waals surface area contributed by atoms with Gasteiger partial charge in [0, 0.05) is 19.3 Å². The summed E-state index contributed by atoms with van der Waals surface area (Å²) in [5.41, 5.74) is 0. The normalized spacial score (nSPS) is 14.2. The Bertz CT molecular complexity index is 1770. The monoisotopic (exact) mass is 1110 g/mol. The molecule has 0 amide bonds. The average molecular weight is 1110 g/mol. The molecule has 11 nitrogen and oxygen atoms in total. The molecule has 2 N–H and O–H groups in total. The lowest BCUT2D eigenvalue weighted by Gasteiger charge is -2.21. The van der Waals surface area contributed by atoms with Gasteiger partial charge in [0.1, 0.15) is 12.7 Å². The van der Waals surface area contributed by atoms with Gasteiger partial charge in [-0.2, -0.15) is 0 Å². The number of hydrogen-bond donors (Lipinski definition) is 2. The number of carbonyl (C=O) groups excluding carboxylic acids is 3. The van der Waals surface area contributed by atoms with Crippen LogP contribution in [0.5, 0.6) is 0 Å². The molecule has 0 aliphatic heterocycles. The van der Waals surface area contributed by atoms with Crippen LogP contribution in [0.4, 0.5) is 0 Å². The zero-order valence-electron chi connectivity index (χ0n) is 49.1. The standard InChI is InChI=1S/C66H109O11P/c1-4-7-10-13-16-19-22-25-27-29-31-33-35-38-41-44-47-50-53-56-65(69)76-62(58-67)60-74-78(71,72)75-61-63(59-73-64(68)55-52-49-46-43-40-37-24-21-18-15-12-9-6-3)77-66(70)57-54-51-48-45-42-39-36-34-32-30-28-26-23-20-17-14-11-8-5-2/h7-8,10-12,15-17,19-21,24-28,31-34,62-63,67H,4-6,9,13-14,18,22-23,29-30,35-61H2,1-3H3,(H,71,72)/b10-7-,11-8-,15-12-,19-16-,20-17-,24-21-,27-25-,28-26-,33-31-,34-32-. The van der Waals surface area contributed by atoms with E-state index in [1.54, 1.807) is 0 Å². The molecule has 0 saturated carbocycles. The number of aliphatic hydroxyl groups excluding tert-OH is 1. The highest BCUT2D eigenvalue weighted by Crippen LogP contribution is 2.43. The fourth-order valence-electron chi connectivity index (χ4n) is 7.79. The summed E-state index contributed by atoms with van der Waals surface area (Å²) in [6, 6.07) is 0. The Balaban J connectivity index is 4.74. The third kappa shape index (κ3) is 56.6. The van der Waals surface area contributed by atoms with Gasteiger partial charge in [0.25, 0.3) is 0 Å². The smallest absolute Gasteiger partial charge is 0.462 e. The summed E-state index contributed by atoms with van der Waals surface area (Å²) in [7, 11) is -4.77. The van der Waals surface area contributed by atoms with E-state index in [0.717, 1.165) is 180 Å². The van der Waals surface area contributed by atoms with Gasteiger partial charge in [-0.15, -0.1) is 0 Å².